The maximum atomic E-state index is 13.6. The highest BCUT2D eigenvalue weighted by Gasteiger charge is 2.15. The Hall–Kier alpha value is -1.72. The third-order valence-corrected chi connectivity index (χ3v) is 3.17. The van der Waals surface area contributed by atoms with Crippen LogP contribution in [0.2, 0.25) is 10.3 Å². The van der Waals surface area contributed by atoms with Crippen molar-refractivity contribution in [2.75, 3.05) is 7.05 Å². The van der Waals surface area contributed by atoms with Crippen molar-refractivity contribution in [2.45, 2.75) is 6.54 Å². The van der Waals surface area contributed by atoms with E-state index < -0.39 is 17.5 Å². The van der Waals surface area contributed by atoms with Crippen LogP contribution in [0, 0.1) is 11.6 Å². The summed E-state index contributed by atoms with van der Waals surface area (Å²) < 4.78 is 26.4. The first-order chi connectivity index (χ1) is 9.86. The molecule has 1 aromatic heterocycles. The van der Waals surface area contributed by atoms with Gasteiger partial charge in [0, 0.05) is 30.8 Å². The molecule has 1 amide bonds. The van der Waals surface area contributed by atoms with Crippen molar-refractivity contribution in [3.8, 4) is 0 Å². The second kappa shape index (κ2) is 6.37. The molecule has 0 bridgehead atoms. The van der Waals surface area contributed by atoms with Crippen LogP contribution in [0.1, 0.15) is 15.9 Å². The van der Waals surface area contributed by atoms with Crippen molar-refractivity contribution in [1.29, 1.82) is 0 Å². The Morgan fingerprint density at radius 1 is 1.19 bits per heavy atom. The zero-order valence-electron chi connectivity index (χ0n) is 10.9. The fraction of sp³-hybridized carbons (Fsp3) is 0.143. The summed E-state index contributed by atoms with van der Waals surface area (Å²) in [4.78, 5) is 17.2. The summed E-state index contributed by atoms with van der Waals surface area (Å²) in [6.45, 7) is -0.0114. The number of nitrogens with zero attached hydrogens (tertiary/aromatic N) is 2. The van der Waals surface area contributed by atoms with E-state index in [1.54, 1.807) is 0 Å². The lowest BCUT2D eigenvalue weighted by atomic mass is 10.1. The Kier molecular flexibility index (Phi) is 4.75. The van der Waals surface area contributed by atoms with Gasteiger partial charge >= 0.3 is 0 Å². The fourth-order valence-corrected chi connectivity index (χ4v) is 2.25. The minimum Gasteiger partial charge on any atom is -0.337 e. The van der Waals surface area contributed by atoms with Crippen LogP contribution < -0.4 is 0 Å². The Labute approximate surface area is 130 Å². The lowest BCUT2D eigenvalue weighted by Crippen LogP contribution is -2.26. The molecule has 21 heavy (non-hydrogen) atoms. The van der Waals surface area contributed by atoms with Gasteiger partial charge in [0.05, 0.1) is 0 Å². The number of amides is 1. The van der Waals surface area contributed by atoms with Gasteiger partial charge in [-0.3, -0.25) is 4.79 Å². The van der Waals surface area contributed by atoms with Crippen LogP contribution in [0.5, 0.6) is 0 Å². The van der Waals surface area contributed by atoms with Crippen molar-refractivity contribution in [2.24, 2.45) is 0 Å². The van der Waals surface area contributed by atoms with Gasteiger partial charge in [0.15, 0.2) is 0 Å². The standard InChI is InChI=1S/C14H10Cl2F2N2O/c1-20(7-8-2-3-10(17)6-11(8)18)14(21)9-4-12(15)19-13(16)5-9/h2-6H,7H2,1H3. The number of hydrogen-bond acceptors (Lipinski definition) is 2. The minimum atomic E-state index is -0.708. The number of carbonyl (C=O) groups is 1. The normalized spacial score (nSPS) is 10.5. The topological polar surface area (TPSA) is 33.2 Å². The Morgan fingerprint density at radius 3 is 2.38 bits per heavy atom. The van der Waals surface area contributed by atoms with Gasteiger partial charge in [-0.15, -0.1) is 0 Å². The van der Waals surface area contributed by atoms with Crippen LogP contribution in [0.25, 0.3) is 0 Å². The van der Waals surface area contributed by atoms with Crippen LogP contribution in [-0.2, 0) is 6.54 Å². The molecule has 2 rings (SSSR count). The molecule has 0 unspecified atom stereocenters. The van der Waals surface area contributed by atoms with Crippen LogP contribution in [0.3, 0.4) is 0 Å². The molecule has 0 aliphatic rings. The van der Waals surface area contributed by atoms with E-state index in [1.165, 1.54) is 30.1 Å². The first-order valence-electron chi connectivity index (χ1n) is 5.89. The van der Waals surface area contributed by atoms with Crippen molar-refractivity contribution in [1.82, 2.24) is 9.88 Å². The highest BCUT2D eigenvalue weighted by Crippen LogP contribution is 2.18. The SMILES string of the molecule is CN(Cc1ccc(F)cc1F)C(=O)c1cc(Cl)nc(Cl)c1. The molecule has 110 valence electrons. The van der Waals surface area contributed by atoms with Crippen LogP contribution >= 0.6 is 23.2 Å². The van der Waals surface area contributed by atoms with E-state index >= 15 is 0 Å². The zero-order chi connectivity index (χ0) is 15.6. The minimum absolute atomic E-state index is 0.0114. The maximum Gasteiger partial charge on any atom is 0.254 e. The molecule has 0 aliphatic carbocycles. The second-order valence-corrected chi connectivity index (χ2v) is 5.17. The third kappa shape index (κ3) is 3.89. The molecular formula is C14H10Cl2F2N2O. The highest BCUT2D eigenvalue weighted by atomic mass is 35.5. The van der Waals surface area contributed by atoms with E-state index in [9.17, 15) is 13.6 Å². The molecule has 0 fully saturated rings. The van der Waals surface area contributed by atoms with Crippen molar-refractivity contribution < 1.29 is 13.6 Å². The summed E-state index contributed by atoms with van der Waals surface area (Å²) in [5.74, 6) is -1.77. The van der Waals surface area contributed by atoms with Crippen molar-refractivity contribution >= 4 is 29.1 Å². The molecule has 7 heteroatoms. The van der Waals surface area contributed by atoms with Gasteiger partial charge in [0.2, 0.25) is 0 Å². The number of benzene rings is 1. The first-order valence-corrected chi connectivity index (χ1v) is 6.65. The van der Waals surface area contributed by atoms with Crippen LogP contribution in [0.4, 0.5) is 8.78 Å². The van der Waals surface area contributed by atoms with Gasteiger partial charge in [0.1, 0.15) is 21.9 Å². The van der Waals surface area contributed by atoms with Crippen LogP contribution in [-0.4, -0.2) is 22.8 Å². The molecule has 0 spiro atoms. The fourth-order valence-electron chi connectivity index (χ4n) is 1.79. The number of carbonyl (C=O) groups excluding carboxylic acids is 1. The molecule has 0 atom stereocenters. The van der Waals surface area contributed by atoms with Gasteiger partial charge in [-0.1, -0.05) is 29.3 Å². The first kappa shape index (κ1) is 15.7. The molecule has 1 aromatic carbocycles. The van der Waals surface area contributed by atoms with Crippen molar-refractivity contribution in [3.63, 3.8) is 0 Å². The molecule has 1 heterocycles. The molecule has 2 aromatic rings. The van der Waals surface area contributed by atoms with Gasteiger partial charge in [0.25, 0.3) is 5.91 Å². The maximum absolute atomic E-state index is 13.6. The lowest BCUT2D eigenvalue weighted by Gasteiger charge is -2.18. The van der Waals surface area contributed by atoms with E-state index in [0.717, 1.165) is 12.1 Å². The Bertz CT molecular complexity index is 674. The Balaban J connectivity index is 2.19. The molecule has 3 nitrogen and oxygen atoms in total. The summed E-state index contributed by atoms with van der Waals surface area (Å²) in [5, 5.41) is 0.180. The van der Waals surface area contributed by atoms with E-state index in [2.05, 4.69) is 4.98 Å². The number of rotatable bonds is 3. The van der Waals surface area contributed by atoms with Gasteiger partial charge in [-0.05, 0) is 18.2 Å². The van der Waals surface area contributed by atoms with E-state index in [4.69, 9.17) is 23.2 Å². The van der Waals surface area contributed by atoms with E-state index in [0.29, 0.717) is 0 Å². The summed E-state index contributed by atoms with van der Waals surface area (Å²) in [6.07, 6.45) is 0. The molecule has 0 N–H and O–H groups in total. The Morgan fingerprint density at radius 2 is 1.81 bits per heavy atom. The predicted octanol–water partition coefficient (Wildman–Crippen LogP) is 3.94. The molecule has 0 saturated carbocycles. The number of pyridine rings is 1. The predicted molar refractivity (Wildman–Crippen MR) is 76.4 cm³/mol. The zero-order valence-corrected chi connectivity index (χ0v) is 12.4. The summed E-state index contributed by atoms with van der Waals surface area (Å²) in [5.41, 5.74) is 0.448. The molecule has 0 aliphatic heterocycles. The summed E-state index contributed by atoms with van der Waals surface area (Å²) >= 11 is 11.5. The average Bonchev–Trinajstić information content (AvgIpc) is 2.40. The number of halogens is 4. The van der Waals surface area contributed by atoms with E-state index in [1.807, 2.05) is 0 Å². The quantitative estimate of drug-likeness (QED) is 0.798. The lowest BCUT2D eigenvalue weighted by molar-refractivity contribution is 0.0783. The number of hydrogen-bond donors (Lipinski definition) is 0. The van der Waals surface area contributed by atoms with Gasteiger partial charge in [-0.2, -0.15) is 0 Å². The smallest absolute Gasteiger partial charge is 0.254 e. The largest absolute Gasteiger partial charge is 0.337 e. The third-order valence-electron chi connectivity index (χ3n) is 2.78. The molecule has 0 saturated heterocycles. The second-order valence-electron chi connectivity index (χ2n) is 4.40. The van der Waals surface area contributed by atoms with Crippen LogP contribution in [0.15, 0.2) is 30.3 Å². The van der Waals surface area contributed by atoms with Crippen molar-refractivity contribution in [3.05, 3.63) is 63.4 Å². The summed E-state index contributed by atoms with van der Waals surface area (Å²) in [7, 11) is 1.49. The molecule has 0 radical (unpaired) electrons. The monoisotopic (exact) mass is 330 g/mol. The van der Waals surface area contributed by atoms with E-state index in [-0.39, 0.29) is 28.0 Å². The molecular weight excluding hydrogens is 321 g/mol. The van der Waals surface area contributed by atoms with Gasteiger partial charge in [-0.25, -0.2) is 13.8 Å². The highest BCUT2D eigenvalue weighted by molar-refractivity contribution is 6.33. The summed E-state index contributed by atoms with van der Waals surface area (Å²) in [6, 6.07) is 5.94. The number of aromatic nitrogens is 1. The van der Waals surface area contributed by atoms with Gasteiger partial charge < -0.3 is 4.90 Å². The average molecular weight is 331 g/mol.